The quantitative estimate of drug-likeness (QED) is 0.621. The summed E-state index contributed by atoms with van der Waals surface area (Å²) in [6, 6.07) is 3.59. The van der Waals surface area contributed by atoms with E-state index in [0.717, 1.165) is 18.9 Å². The van der Waals surface area contributed by atoms with Crippen LogP contribution < -0.4 is 0 Å². The number of likely N-dealkylation sites (tertiary alicyclic amines) is 1. The summed E-state index contributed by atoms with van der Waals surface area (Å²) < 4.78 is 38.4. The Morgan fingerprint density at radius 3 is 2.65 bits per heavy atom. The van der Waals surface area contributed by atoms with Crippen molar-refractivity contribution in [2.24, 2.45) is 0 Å². The molecule has 1 aromatic carbocycles. The lowest BCUT2D eigenvalue weighted by Crippen LogP contribution is -2.40. The van der Waals surface area contributed by atoms with Gasteiger partial charge in [-0.25, -0.2) is 0 Å². The third kappa shape index (κ3) is 3.55. The third-order valence-corrected chi connectivity index (χ3v) is 4.61. The molecule has 1 unspecified atom stereocenters. The summed E-state index contributed by atoms with van der Waals surface area (Å²) >= 11 is 6.31. The SMILES string of the molecule is O=C(c1ccc(Br)c(C(F)(F)F)c1)N1CCCC(Br)C1. The van der Waals surface area contributed by atoms with E-state index >= 15 is 0 Å². The van der Waals surface area contributed by atoms with Crippen LogP contribution >= 0.6 is 31.9 Å². The van der Waals surface area contributed by atoms with Crippen LogP contribution in [0.5, 0.6) is 0 Å². The highest BCUT2D eigenvalue weighted by molar-refractivity contribution is 9.10. The first-order chi connectivity index (χ1) is 9.29. The molecule has 1 aliphatic heterocycles. The van der Waals surface area contributed by atoms with Gasteiger partial charge in [0.2, 0.25) is 0 Å². The standard InChI is InChI=1S/C13H12Br2F3NO/c14-9-2-1-5-19(7-9)12(20)8-3-4-11(15)10(6-8)13(16,17)18/h3-4,6,9H,1-2,5,7H2. The van der Waals surface area contributed by atoms with Gasteiger partial charge in [0.25, 0.3) is 5.91 Å². The van der Waals surface area contributed by atoms with E-state index in [-0.39, 0.29) is 20.8 Å². The van der Waals surface area contributed by atoms with Crippen LogP contribution in [-0.2, 0) is 6.18 Å². The van der Waals surface area contributed by atoms with E-state index in [1.165, 1.54) is 12.1 Å². The fourth-order valence-electron chi connectivity index (χ4n) is 2.17. The van der Waals surface area contributed by atoms with E-state index in [1.54, 1.807) is 4.90 Å². The number of hydrogen-bond acceptors (Lipinski definition) is 1. The zero-order valence-corrected chi connectivity index (χ0v) is 13.6. The van der Waals surface area contributed by atoms with Gasteiger partial charge in [-0.1, -0.05) is 31.9 Å². The minimum Gasteiger partial charge on any atom is -0.338 e. The zero-order valence-electron chi connectivity index (χ0n) is 10.4. The zero-order chi connectivity index (χ0) is 14.9. The van der Waals surface area contributed by atoms with Gasteiger partial charge in [-0.15, -0.1) is 0 Å². The molecule has 1 heterocycles. The van der Waals surface area contributed by atoms with Crippen LogP contribution in [0.3, 0.4) is 0 Å². The number of nitrogens with zero attached hydrogens (tertiary/aromatic N) is 1. The van der Waals surface area contributed by atoms with E-state index in [1.807, 2.05) is 0 Å². The average molecular weight is 415 g/mol. The van der Waals surface area contributed by atoms with Crippen molar-refractivity contribution in [3.8, 4) is 0 Å². The molecular weight excluding hydrogens is 403 g/mol. The number of benzene rings is 1. The van der Waals surface area contributed by atoms with E-state index in [2.05, 4.69) is 31.9 Å². The molecule has 1 aliphatic rings. The molecule has 0 radical (unpaired) electrons. The average Bonchev–Trinajstić information content (AvgIpc) is 2.37. The second-order valence-electron chi connectivity index (χ2n) is 4.68. The second-order valence-corrected chi connectivity index (χ2v) is 6.83. The molecule has 2 rings (SSSR count). The van der Waals surface area contributed by atoms with Crippen molar-refractivity contribution in [3.63, 3.8) is 0 Å². The maximum Gasteiger partial charge on any atom is 0.417 e. The minimum absolute atomic E-state index is 0.0569. The molecule has 1 aromatic rings. The maximum atomic E-state index is 12.8. The lowest BCUT2D eigenvalue weighted by atomic mass is 10.1. The first-order valence-electron chi connectivity index (χ1n) is 6.09. The fraction of sp³-hybridized carbons (Fsp3) is 0.462. The molecule has 2 nitrogen and oxygen atoms in total. The highest BCUT2D eigenvalue weighted by Gasteiger charge is 2.34. The van der Waals surface area contributed by atoms with E-state index in [4.69, 9.17) is 0 Å². The van der Waals surface area contributed by atoms with Crippen molar-refractivity contribution in [1.82, 2.24) is 4.90 Å². The molecule has 0 bridgehead atoms. The Morgan fingerprint density at radius 1 is 1.35 bits per heavy atom. The molecule has 0 N–H and O–H groups in total. The smallest absolute Gasteiger partial charge is 0.338 e. The number of rotatable bonds is 1. The van der Waals surface area contributed by atoms with Crippen molar-refractivity contribution in [2.45, 2.75) is 23.8 Å². The Bertz CT molecular complexity index is 519. The molecule has 1 saturated heterocycles. The number of piperidine rings is 1. The third-order valence-electron chi connectivity index (χ3n) is 3.17. The first-order valence-corrected chi connectivity index (χ1v) is 7.80. The molecule has 0 saturated carbocycles. The normalized spacial score (nSPS) is 20.1. The van der Waals surface area contributed by atoms with Crippen molar-refractivity contribution in [2.75, 3.05) is 13.1 Å². The van der Waals surface area contributed by atoms with Crippen LogP contribution in [0, 0.1) is 0 Å². The van der Waals surface area contributed by atoms with Crippen LogP contribution in [0.15, 0.2) is 22.7 Å². The topological polar surface area (TPSA) is 20.3 Å². The van der Waals surface area contributed by atoms with Crippen molar-refractivity contribution in [3.05, 3.63) is 33.8 Å². The summed E-state index contributed by atoms with van der Waals surface area (Å²) in [5, 5.41) is 0. The number of amides is 1. The molecule has 0 aromatic heterocycles. The number of halogens is 5. The van der Waals surface area contributed by atoms with Gasteiger partial charge in [0, 0.05) is 28.0 Å². The summed E-state index contributed by atoms with van der Waals surface area (Å²) in [4.78, 5) is 14.1. The lowest BCUT2D eigenvalue weighted by Gasteiger charge is -2.30. The second kappa shape index (κ2) is 6.05. The molecule has 0 aliphatic carbocycles. The van der Waals surface area contributed by atoms with Crippen LogP contribution in [0.4, 0.5) is 13.2 Å². The number of alkyl halides is 4. The summed E-state index contributed by atoms with van der Waals surface area (Å²) in [5.74, 6) is -0.354. The molecular formula is C13H12Br2F3NO. The van der Waals surface area contributed by atoms with Gasteiger partial charge in [-0.05, 0) is 31.0 Å². The molecule has 1 fully saturated rings. The largest absolute Gasteiger partial charge is 0.417 e. The molecule has 1 atom stereocenters. The molecule has 7 heteroatoms. The van der Waals surface area contributed by atoms with Gasteiger partial charge in [-0.3, -0.25) is 4.79 Å². The van der Waals surface area contributed by atoms with Gasteiger partial charge in [-0.2, -0.15) is 13.2 Å². The highest BCUT2D eigenvalue weighted by atomic mass is 79.9. The Morgan fingerprint density at radius 2 is 2.05 bits per heavy atom. The Labute approximate surface area is 131 Å². The van der Waals surface area contributed by atoms with E-state index < -0.39 is 11.7 Å². The molecule has 0 spiro atoms. The molecule has 110 valence electrons. The molecule has 1 amide bonds. The van der Waals surface area contributed by atoms with Crippen LogP contribution in [0.1, 0.15) is 28.8 Å². The Balaban J connectivity index is 2.26. The van der Waals surface area contributed by atoms with Gasteiger partial charge in [0.15, 0.2) is 0 Å². The Hall–Kier alpha value is -0.560. The first kappa shape index (κ1) is 15.8. The van der Waals surface area contributed by atoms with Crippen molar-refractivity contribution >= 4 is 37.8 Å². The lowest BCUT2D eigenvalue weighted by molar-refractivity contribution is -0.138. The summed E-state index contributed by atoms with van der Waals surface area (Å²) in [5.41, 5.74) is -0.752. The maximum absolute atomic E-state index is 12.8. The Kier molecular flexibility index (Phi) is 4.79. The summed E-state index contributed by atoms with van der Waals surface area (Å²) in [6.07, 6.45) is -2.66. The highest BCUT2D eigenvalue weighted by Crippen LogP contribution is 2.35. The number of carbonyl (C=O) groups excluding carboxylic acids is 1. The van der Waals surface area contributed by atoms with Gasteiger partial charge in [0.1, 0.15) is 0 Å². The van der Waals surface area contributed by atoms with Gasteiger partial charge >= 0.3 is 6.18 Å². The summed E-state index contributed by atoms with van der Waals surface area (Å²) in [6.45, 7) is 1.11. The fourth-order valence-corrected chi connectivity index (χ4v) is 3.31. The summed E-state index contributed by atoms with van der Waals surface area (Å²) in [7, 11) is 0. The van der Waals surface area contributed by atoms with Gasteiger partial charge < -0.3 is 4.90 Å². The predicted octanol–water partition coefficient (Wildman–Crippen LogP) is 4.47. The molecule has 20 heavy (non-hydrogen) atoms. The van der Waals surface area contributed by atoms with Crippen LogP contribution in [-0.4, -0.2) is 28.7 Å². The monoisotopic (exact) mass is 413 g/mol. The number of hydrogen-bond donors (Lipinski definition) is 0. The van der Waals surface area contributed by atoms with Crippen molar-refractivity contribution < 1.29 is 18.0 Å². The minimum atomic E-state index is -4.48. The predicted molar refractivity (Wildman–Crippen MR) is 77.0 cm³/mol. The number of carbonyl (C=O) groups is 1. The van der Waals surface area contributed by atoms with E-state index in [0.29, 0.717) is 13.1 Å². The van der Waals surface area contributed by atoms with Gasteiger partial charge in [0.05, 0.1) is 5.56 Å². The van der Waals surface area contributed by atoms with Crippen LogP contribution in [0.2, 0.25) is 0 Å². The van der Waals surface area contributed by atoms with Crippen LogP contribution in [0.25, 0.3) is 0 Å². The van der Waals surface area contributed by atoms with Crippen molar-refractivity contribution in [1.29, 1.82) is 0 Å². The van der Waals surface area contributed by atoms with E-state index in [9.17, 15) is 18.0 Å².